The van der Waals surface area contributed by atoms with E-state index in [1.807, 2.05) is 30.3 Å². The maximum Gasteiger partial charge on any atom is 0.315 e. The van der Waals surface area contributed by atoms with Crippen molar-refractivity contribution in [2.75, 3.05) is 19.7 Å². The number of hydrogen-bond acceptors (Lipinski definition) is 4. The number of nitrogens with one attached hydrogen (secondary N) is 2. The number of aliphatic hydroxyl groups is 1. The number of carbonyl (C=O) groups is 1. The Labute approximate surface area is 122 Å². The van der Waals surface area contributed by atoms with Crippen molar-refractivity contribution in [3.63, 3.8) is 0 Å². The minimum atomic E-state index is -0.782. The summed E-state index contributed by atoms with van der Waals surface area (Å²) in [6, 6.07) is 10.7. The molecule has 0 unspecified atom stereocenters. The van der Waals surface area contributed by atoms with Gasteiger partial charge in [0, 0.05) is 12.1 Å². The number of para-hydroxylation sites is 1. The first-order valence-electron chi connectivity index (χ1n) is 6.65. The Morgan fingerprint density at radius 2 is 2.05 bits per heavy atom. The van der Waals surface area contributed by atoms with Crippen molar-refractivity contribution in [3.8, 4) is 5.75 Å². The highest BCUT2D eigenvalue weighted by molar-refractivity contribution is 5.73. The second-order valence-electron chi connectivity index (χ2n) is 4.37. The Morgan fingerprint density at radius 3 is 2.76 bits per heavy atom. The maximum absolute atomic E-state index is 11.5. The van der Waals surface area contributed by atoms with Gasteiger partial charge in [0.1, 0.15) is 12.4 Å². The smallest absolute Gasteiger partial charge is 0.315 e. The average molecular weight is 290 g/mol. The van der Waals surface area contributed by atoms with E-state index in [1.165, 1.54) is 12.5 Å². The van der Waals surface area contributed by atoms with Gasteiger partial charge >= 0.3 is 6.03 Å². The van der Waals surface area contributed by atoms with E-state index in [0.717, 1.165) is 5.75 Å². The van der Waals surface area contributed by atoms with Gasteiger partial charge in [-0.05, 0) is 18.2 Å². The molecule has 2 rings (SSSR count). The molecule has 6 nitrogen and oxygen atoms in total. The molecule has 0 radical (unpaired) electrons. The number of amides is 2. The van der Waals surface area contributed by atoms with Crippen LogP contribution in [-0.4, -0.2) is 30.8 Å². The molecule has 0 saturated heterocycles. The third-order valence-corrected chi connectivity index (χ3v) is 2.78. The van der Waals surface area contributed by atoms with Crippen LogP contribution in [0, 0.1) is 0 Å². The fourth-order valence-electron chi connectivity index (χ4n) is 1.68. The normalized spacial score (nSPS) is 11.7. The molecule has 1 heterocycles. The lowest BCUT2D eigenvalue weighted by atomic mass is 10.2. The molecule has 1 aromatic heterocycles. The highest BCUT2D eigenvalue weighted by atomic mass is 16.5. The van der Waals surface area contributed by atoms with Gasteiger partial charge in [-0.2, -0.15) is 0 Å². The highest BCUT2D eigenvalue weighted by Gasteiger charge is 2.10. The summed E-state index contributed by atoms with van der Waals surface area (Å²) in [5.74, 6) is 0.759. The molecule has 112 valence electrons. The summed E-state index contributed by atoms with van der Waals surface area (Å²) in [6.07, 6.45) is 2.13. The molecule has 2 aromatic rings. The van der Waals surface area contributed by atoms with Crippen LogP contribution in [0.5, 0.6) is 5.75 Å². The quantitative estimate of drug-likeness (QED) is 0.678. The van der Waals surface area contributed by atoms with Crippen LogP contribution in [0.4, 0.5) is 4.79 Å². The Kier molecular flexibility index (Phi) is 5.66. The van der Waals surface area contributed by atoms with E-state index in [0.29, 0.717) is 18.7 Å². The first-order chi connectivity index (χ1) is 10.3. The Bertz CT molecular complexity index is 528. The summed E-state index contributed by atoms with van der Waals surface area (Å²) >= 11 is 0. The lowest BCUT2D eigenvalue weighted by Gasteiger charge is -2.11. The number of rotatable bonds is 7. The fourth-order valence-corrected chi connectivity index (χ4v) is 1.68. The number of aliphatic hydroxyl groups excluding tert-OH is 1. The fraction of sp³-hybridized carbons (Fsp3) is 0.267. The van der Waals surface area contributed by atoms with E-state index in [1.54, 1.807) is 6.07 Å². The number of hydrogen-bond donors (Lipinski definition) is 3. The van der Waals surface area contributed by atoms with E-state index >= 15 is 0 Å². The molecule has 0 aliphatic rings. The van der Waals surface area contributed by atoms with Crippen LogP contribution >= 0.6 is 0 Å². The number of ether oxygens (including phenoxy) is 1. The van der Waals surface area contributed by atoms with E-state index in [2.05, 4.69) is 10.6 Å². The van der Waals surface area contributed by atoms with Gasteiger partial charge in [0.2, 0.25) is 0 Å². The molecule has 0 aliphatic heterocycles. The van der Waals surface area contributed by atoms with Gasteiger partial charge in [0.05, 0.1) is 25.2 Å². The van der Waals surface area contributed by atoms with Gasteiger partial charge in [-0.15, -0.1) is 0 Å². The predicted octanol–water partition coefficient (Wildman–Crippen LogP) is 1.69. The van der Waals surface area contributed by atoms with Gasteiger partial charge in [-0.25, -0.2) is 4.79 Å². The van der Waals surface area contributed by atoms with Crippen LogP contribution in [0.25, 0.3) is 0 Å². The summed E-state index contributed by atoms with van der Waals surface area (Å²) in [7, 11) is 0. The predicted molar refractivity (Wildman–Crippen MR) is 77.0 cm³/mol. The van der Waals surface area contributed by atoms with E-state index in [-0.39, 0.29) is 12.6 Å². The third-order valence-electron chi connectivity index (χ3n) is 2.78. The minimum absolute atomic E-state index is 0.116. The second-order valence-corrected chi connectivity index (χ2v) is 4.37. The van der Waals surface area contributed by atoms with Crippen molar-refractivity contribution in [2.24, 2.45) is 0 Å². The molecule has 3 N–H and O–H groups in total. The van der Waals surface area contributed by atoms with Crippen LogP contribution in [0.15, 0.2) is 53.3 Å². The Hall–Kier alpha value is -2.47. The number of benzene rings is 1. The molecular formula is C15H18N2O4. The molecule has 1 aromatic carbocycles. The number of furan rings is 1. The third kappa shape index (κ3) is 5.19. The Balaban J connectivity index is 1.57. The molecule has 0 aliphatic carbocycles. The standard InChI is InChI=1S/C15H18N2O4/c18-14(12-6-8-20-11-12)10-17-15(19)16-7-9-21-13-4-2-1-3-5-13/h1-6,8,11,14,18H,7,9-10H2,(H2,16,17,19)/t14-/m1/s1. The molecule has 1 atom stereocenters. The summed E-state index contributed by atoms with van der Waals surface area (Å²) in [5, 5.41) is 15.0. The monoisotopic (exact) mass is 290 g/mol. The Morgan fingerprint density at radius 1 is 1.24 bits per heavy atom. The summed E-state index contributed by atoms with van der Waals surface area (Å²) in [6.45, 7) is 0.870. The first kappa shape index (κ1) is 14.9. The molecule has 6 heteroatoms. The summed E-state index contributed by atoms with van der Waals surface area (Å²) < 4.78 is 10.3. The highest BCUT2D eigenvalue weighted by Crippen LogP contribution is 2.11. The van der Waals surface area contributed by atoms with Crippen LogP contribution in [-0.2, 0) is 0 Å². The zero-order valence-electron chi connectivity index (χ0n) is 11.5. The first-order valence-corrected chi connectivity index (χ1v) is 6.65. The lowest BCUT2D eigenvalue weighted by Crippen LogP contribution is -2.39. The van der Waals surface area contributed by atoms with Gasteiger partial charge in [0.15, 0.2) is 0 Å². The van der Waals surface area contributed by atoms with Crippen LogP contribution in [0.2, 0.25) is 0 Å². The van der Waals surface area contributed by atoms with Crippen molar-refractivity contribution in [2.45, 2.75) is 6.10 Å². The molecule has 21 heavy (non-hydrogen) atoms. The second kappa shape index (κ2) is 7.96. The molecule has 0 spiro atoms. The van der Waals surface area contributed by atoms with E-state index in [4.69, 9.17) is 9.15 Å². The minimum Gasteiger partial charge on any atom is -0.492 e. The van der Waals surface area contributed by atoms with Crippen molar-refractivity contribution < 1.29 is 19.1 Å². The van der Waals surface area contributed by atoms with Gasteiger partial charge in [-0.1, -0.05) is 18.2 Å². The number of carbonyl (C=O) groups excluding carboxylic acids is 1. The average Bonchev–Trinajstić information content (AvgIpc) is 3.05. The largest absolute Gasteiger partial charge is 0.492 e. The van der Waals surface area contributed by atoms with Crippen molar-refractivity contribution in [1.29, 1.82) is 0 Å². The van der Waals surface area contributed by atoms with E-state index in [9.17, 15) is 9.90 Å². The van der Waals surface area contributed by atoms with Gasteiger partial charge < -0.3 is 24.9 Å². The zero-order chi connectivity index (χ0) is 14.9. The maximum atomic E-state index is 11.5. The molecule has 0 fully saturated rings. The van der Waals surface area contributed by atoms with Crippen LogP contribution in [0.1, 0.15) is 11.7 Å². The lowest BCUT2D eigenvalue weighted by molar-refractivity contribution is 0.172. The SMILES string of the molecule is O=C(NCCOc1ccccc1)NC[C@@H](O)c1ccoc1. The summed E-state index contributed by atoms with van der Waals surface area (Å²) in [4.78, 5) is 11.5. The summed E-state index contributed by atoms with van der Waals surface area (Å²) in [5.41, 5.74) is 0.628. The van der Waals surface area contributed by atoms with Gasteiger partial charge in [-0.3, -0.25) is 0 Å². The van der Waals surface area contributed by atoms with Crippen molar-refractivity contribution >= 4 is 6.03 Å². The van der Waals surface area contributed by atoms with Crippen molar-refractivity contribution in [3.05, 3.63) is 54.5 Å². The zero-order valence-corrected chi connectivity index (χ0v) is 11.5. The molecule has 0 saturated carbocycles. The van der Waals surface area contributed by atoms with E-state index < -0.39 is 6.10 Å². The van der Waals surface area contributed by atoms with Crippen molar-refractivity contribution in [1.82, 2.24) is 10.6 Å². The topological polar surface area (TPSA) is 83.7 Å². The van der Waals surface area contributed by atoms with Crippen LogP contribution in [0.3, 0.4) is 0 Å². The number of urea groups is 1. The molecular weight excluding hydrogens is 272 g/mol. The van der Waals surface area contributed by atoms with Gasteiger partial charge in [0.25, 0.3) is 0 Å². The molecule has 0 bridgehead atoms. The van der Waals surface area contributed by atoms with Crippen LogP contribution < -0.4 is 15.4 Å². The molecule has 2 amide bonds.